The molecule has 0 atom stereocenters. The zero-order valence-corrected chi connectivity index (χ0v) is 14.1. The number of aliphatic hydroxyl groups excluding tert-OH is 1. The maximum Gasteiger partial charge on any atom is 0.317 e. The number of benzene rings is 1. The number of sulfone groups is 1. The lowest BCUT2D eigenvalue weighted by Crippen LogP contribution is -2.52. The largest absolute Gasteiger partial charge is 0.395 e. The van der Waals surface area contributed by atoms with Crippen LogP contribution in [0.4, 0.5) is 9.18 Å². The van der Waals surface area contributed by atoms with E-state index < -0.39 is 15.7 Å². The first-order valence-corrected chi connectivity index (χ1v) is 9.42. The Morgan fingerprint density at radius 2 is 1.79 bits per heavy atom. The van der Waals surface area contributed by atoms with Crippen molar-refractivity contribution in [2.24, 2.45) is 0 Å². The third-order valence-corrected chi connectivity index (χ3v) is 5.63. The highest BCUT2D eigenvalue weighted by Crippen LogP contribution is 2.11. The summed E-state index contributed by atoms with van der Waals surface area (Å²) in [5, 5.41) is 11.5. The molecule has 1 fully saturated rings. The first-order valence-electron chi connectivity index (χ1n) is 7.77. The number of urea groups is 1. The van der Waals surface area contributed by atoms with Crippen molar-refractivity contribution in [2.75, 3.05) is 51.6 Å². The van der Waals surface area contributed by atoms with Crippen molar-refractivity contribution in [1.82, 2.24) is 15.1 Å². The lowest BCUT2D eigenvalue weighted by molar-refractivity contribution is 0.122. The molecule has 2 N–H and O–H groups in total. The van der Waals surface area contributed by atoms with E-state index in [0.29, 0.717) is 32.7 Å². The molecule has 2 amide bonds. The van der Waals surface area contributed by atoms with Crippen LogP contribution in [-0.4, -0.2) is 81.0 Å². The third kappa shape index (κ3) is 5.15. The number of aliphatic hydroxyl groups is 1. The monoisotopic (exact) mass is 359 g/mol. The highest BCUT2D eigenvalue weighted by atomic mass is 32.2. The summed E-state index contributed by atoms with van der Waals surface area (Å²) in [5.41, 5.74) is 0. The maximum atomic E-state index is 12.8. The number of halogens is 1. The van der Waals surface area contributed by atoms with E-state index in [0.717, 1.165) is 12.1 Å². The summed E-state index contributed by atoms with van der Waals surface area (Å²) < 4.78 is 37.0. The lowest BCUT2D eigenvalue weighted by atomic mass is 10.3. The second-order valence-corrected chi connectivity index (χ2v) is 7.67. The van der Waals surface area contributed by atoms with Crippen LogP contribution in [0.5, 0.6) is 0 Å². The van der Waals surface area contributed by atoms with Crippen LogP contribution in [0.25, 0.3) is 0 Å². The zero-order valence-electron chi connectivity index (χ0n) is 13.3. The van der Waals surface area contributed by atoms with Gasteiger partial charge in [-0.3, -0.25) is 4.90 Å². The summed E-state index contributed by atoms with van der Waals surface area (Å²) in [7, 11) is -3.56. The molecule has 2 rings (SSSR count). The lowest BCUT2D eigenvalue weighted by Gasteiger charge is -2.34. The van der Waals surface area contributed by atoms with Crippen molar-refractivity contribution < 1.29 is 22.7 Å². The van der Waals surface area contributed by atoms with Crippen molar-refractivity contribution in [3.63, 3.8) is 0 Å². The van der Waals surface area contributed by atoms with Gasteiger partial charge in [0.05, 0.1) is 17.3 Å². The molecule has 1 heterocycles. The highest BCUT2D eigenvalue weighted by Gasteiger charge is 2.21. The number of carbonyl (C=O) groups is 1. The number of nitrogens with one attached hydrogen (secondary N) is 1. The molecule has 0 spiro atoms. The van der Waals surface area contributed by atoms with Crippen LogP contribution in [0.15, 0.2) is 29.2 Å². The normalized spacial score (nSPS) is 16.2. The molecule has 134 valence electrons. The fraction of sp³-hybridized carbons (Fsp3) is 0.533. The van der Waals surface area contributed by atoms with Crippen LogP contribution in [0, 0.1) is 5.82 Å². The number of piperazine rings is 1. The number of hydrogen-bond donors (Lipinski definition) is 2. The second-order valence-electron chi connectivity index (χ2n) is 5.56. The first-order chi connectivity index (χ1) is 11.4. The summed E-state index contributed by atoms with van der Waals surface area (Å²) >= 11 is 0. The molecule has 1 saturated heterocycles. The summed E-state index contributed by atoms with van der Waals surface area (Å²) in [5.74, 6) is -0.739. The topological polar surface area (TPSA) is 90.0 Å². The molecule has 0 aromatic heterocycles. The predicted octanol–water partition coefficient (Wildman–Crippen LogP) is -0.0811. The van der Waals surface area contributed by atoms with Crippen molar-refractivity contribution in [2.45, 2.75) is 4.90 Å². The Morgan fingerprint density at radius 3 is 2.38 bits per heavy atom. The molecule has 0 aliphatic carbocycles. The number of amides is 2. The van der Waals surface area contributed by atoms with Gasteiger partial charge in [0.15, 0.2) is 9.84 Å². The maximum absolute atomic E-state index is 12.8. The van der Waals surface area contributed by atoms with Gasteiger partial charge in [-0.2, -0.15) is 0 Å². The van der Waals surface area contributed by atoms with Gasteiger partial charge in [-0.15, -0.1) is 0 Å². The minimum atomic E-state index is -3.56. The van der Waals surface area contributed by atoms with Gasteiger partial charge in [0.25, 0.3) is 0 Å². The minimum Gasteiger partial charge on any atom is -0.395 e. The van der Waals surface area contributed by atoms with Crippen LogP contribution in [-0.2, 0) is 9.84 Å². The highest BCUT2D eigenvalue weighted by molar-refractivity contribution is 7.91. The van der Waals surface area contributed by atoms with E-state index in [1.54, 1.807) is 4.90 Å². The van der Waals surface area contributed by atoms with E-state index >= 15 is 0 Å². The molecular formula is C15H22FN3O4S. The van der Waals surface area contributed by atoms with Crippen molar-refractivity contribution in [3.8, 4) is 0 Å². The summed E-state index contributed by atoms with van der Waals surface area (Å²) in [6, 6.07) is 4.32. The third-order valence-electron chi connectivity index (χ3n) is 3.90. The molecule has 9 heteroatoms. The molecule has 1 aromatic carbocycles. The van der Waals surface area contributed by atoms with E-state index in [9.17, 15) is 17.6 Å². The van der Waals surface area contributed by atoms with Crippen molar-refractivity contribution >= 4 is 15.9 Å². The van der Waals surface area contributed by atoms with Gasteiger partial charge in [-0.1, -0.05) is 0 Å². The molecule has 1 aromatic rings. The Hall–Kier alpha value is -1.71. The van der Waals surface area contributed by atoms with E-state index in [1.165, 1.54) is 12.1 Å². The number of nitrogens with zero attached hydrogens (tertiary/aromatic N) is 2. The molecule has 1 aliphatic rings. The zero-order chi connectivity index (χ0) is 17.6. The first kappa shape index (κ1) is 18.6. The van der Waals surface area contributed by atoms with Crippen LogP contribution in [0.2, 0.25) is 0 Å². The quantitative estimate of drug-likeness (QED) is 0.694. The molecule has 1 aliphatic heterocycles. The number of rotatable bonds is 6. The van der Waals surface area contributed by atoms with Crippen LogP contribution in [0.1, 0.15) is 0 Å². The fourth-order valence-corrected chi connectivity index (χ4v) is 3.64. The van der Waals surface area contributed by atoms with Gasteiger partial charge in [0, 0.05) is 39.3 Å². The van der Waals surface area contributed by atoms with E-state index in [4.69, 9.17) is 5.11 Å². The number of hydrogen-bond acceptors (Lipinski definition) is 5. The number of β-amino-alcohol motifs (C(OH)–C–C–N with tert-alkyl or cyclic N) is 1. The van der Waals surface area contributed by atoms with Gasteiger partial charge < -0.3 is 15.3 Å². The predicted molar refractivity (Wildman–Crippen MR) is 87.0 cm³/mol. The Bertz CT molecular complexity index is 643. The van der Waals surface area contributed by atoms with Crippen LogP contribution in [0.3, 0.4) is 0 Å². The molecule has 0 unspecified atom stereocenters. The van der Waals surface area contributed by atoms with E-state index in [2.05, 4.69) is 10.2 Å². The summed E-state index contributed by atoms with van der Waals surface area (Å²) in [6.45, 7) is 3.12. The van der Waals surface area contributed by atoms with E-state index in [-0.39, 0.29) is 29.8 Å². The smallest absolute Gasteiger partial charge is 0.317 e. The number of carbonyl (C=O) groups excluding carboxylic acids is 1. The van der Waals surface area contributed by atoms with Crippen molar-refractivity contribution in [1.29, 1.82) is 0 Å². The van der Waals surface area contributed by atoms with Crippen LogP contribution < -0.4 is 5.32 Å². The fourth-order valence-electron chi connectivity index (χ4n) is 2.48. The molecule has 0 bridgehead atoms. The summed E-state index contributed by atoms with van der Waals surface area (Å²) in [6.07, 6.45) is 0. The average molecular weight is 359 g/mol. The molecule has 0 radical (unpaired) electrons. The van der Waals surface area contributed by atoms with Gasteiger partial charge in [0.2, 0.25) is 0 Å². The Labute approximate surface area is 141 Å². The average Bonchev–Trinajstić information content (AvgIpc) is 2.56. The van der Waals surface area contributed by atoms with Gasteiger partial charge in [0.1, 0.15) is 5.82 Å². The minimum absolute atomic E-state index is 0.00457. The van der Waals surface area contributed by atoms with Gasteiger partial charge in [-0.05, 0) is 24.3 Å². The molecule has 24 heavy (non-hydrogen) atoms. The second kappa shape index (κ2) is 8.41. The summed E-state index contributed by atoms with van der Waals surface area (Å²) in [4.78, 5) is 15.8. The Morgan fingerprint density at radius 1 is 1.17 bits per heavy atom. The van der Waals surface area contributed by atoms with Gasteiger partial charge >= 0.3 is 6.03 Å². The Balaban J connectivity index is 1.77. The van der Waals surface area contributed by atoms with Crippen molar-refractivity contribution in [3.05, 3.63) is 30.1 Å². The van der Waals surface area contributed by atoms with Gasteiger partial charge in [-0.25, -0.2) is 17.6 Å². The molecule has 7 nitrogen and oxygen atoms in total. The Kier molecular flexibility index (Phi) is 6.52. The molecule has 0 saturated carbocycles. The standard InChI is InChI=1S/C15H22FN3O4S/c16-13-1-3-14(4-2-13)24(22,23)12-5-17-15(21)19-8-6-18(7-9-19)10-11-20/h1-4,20H,5-12H2,(H,17,21). The molecular weight excluding hydrogens is 337 g/mol. The van der Waals surface area contributed by atoms with Crippen LogP contribution >= 0.6 is 0 Å². The van der Waals surface area contributed by atoms with E-state index in [1.807, 2.05) is 0 Å². The SMILES string of the molecule is O=C(NCCS(=O)(=O)c1ccc(F)cc1)N1CCN(CCO)CC1.